The maximum absolute atomic E-state index is 12.9. The third-order valence-corrected chi connectivity index (χ3v) is 6.75. The van der Waals surface area contributed by atoms with Gasteiger partial charge in [0.25, 0.3) is 5.91 Å². The summed E-state index contributed by atoms with van der Waals surface area (Å²) < 4.78 is 5.93. The van der Waals surface area contributed by atoms with Crippen LogP contribution in [0.1, 0.15) is 48.2 Å². The molecule has 8 heteroatoms. The van der Waals surface area contributed by atoms with Crippen molar-refractivity contribution in [1.29, 1.82) is 0 Å². The van der Waals surface area contributed by atoms with Crippen LogP contribution in [0.25, 0.3) is 0 Å². The van der Waals surface area contributed by atoms with E-state index in [0.717, 1.165) is 36.4 Å². The zero-order valence-electron chi connectivity index (χ0n) is 22.0. The minimum Gasteiger partial charge on any atom is -0.493 e. The molecule has 1 aliphatic heterocycles. The Hall–Kier alpha value is -2.97. The van der Waals surface area contributed by atoms with Crippen LogP contribution in [-0.2, 0) is 4.79 Å². The molecule has 36 heavy (non-hydrogen) atoms. The Kier molecular flexibility index (Phi) is 9.45. The summed E-state index contributed by atoms with van der Waals surface area (Å²) in [6.45, 7) is 11.6. The van der Waals surface area contributed by atoms with Crippen LogP contribution in [-0.4, -0.2) is 66.6 Å². The maximum Gasteiger partial charge on any atom is 0.254 e. The van der Waals surface area contributed by atoms with Crippen LogP contribution in [0.5, 0.6) is 5.75 Å². The predicted octanol–water partition coefficient (Wildman–Crippen LogP) is 4.39. The summed E-state index contributed by atoms with van der Waals surface area (Å²) in [5, 5.41) is 6.06. The lowest BCUT2D eigenvalue weighted by atomic mass is 9.87. The van der Waals surface area contributed by atoms with Crippen molar-refractivity contribution in [2.24, 2.45) is 5.41 Å². The number of nitrogens with one attached hydrogen (secondary N) is 2. The summed E-state index contributed by atoms with van der Waals surface area (Å²) in [7, 11) is 2.06. The second-order valence-corrected chi connectivity index (χ2v) is 10.6. The van der Waals surface area contributed by atoms with Gasteiger partial charge in [-0.2, -0.15) is 0 Å². The summed E-state index contributed by atoms with van der Waals surface area (Å²) in [4.78, 5) is 29.8. The van der Waals surface area contributed by atoms with Crippen molar-refractivity contribution in [2.45, 2.75) is 40.5 Å². The Morgan fingerprint density at radius 3 is 2.50 bits per heavy atom. The zero-order chi connectivity index (χ0) is 26.3. The summed E-state index contributed by atoms with van der Waals surface area (Å²) in [6.07, 6.45) is 1.39. The molecule has 7 nitrogen and oxygen atoms in total. The van der Waals surface area contributed by atoms with Gasteiger partial charge in [0.15, 0.2) is 5.11 Å². The minimum atomic E-state index is -0.615. The van der Waals surface area contributed by atoms with E-state index in [1.54, 1.807) is 12.1 Å². The van der Waals surface area contributed by atoms with E-state index < -0.39 is 5.41 Å². The molecule has 0 radical (unpaired) electrons. The van der Waals surface area contributed by atoms with E-state index in [0.29, 0.717) is 37.4 Å². The molecule has 2 amide bonds. The number of rotatable bonds is 8. The van der Waals surface area contributed by atoms with Crippen LogP contribution >= 0.6 is 12.2 Å². The van der Waals surface area contributed by atoms with Crippen molar-refractivity contribution in [3.63, 3.8) is 0 Å². The Bertz CT molecular complexity index is 1090. The van der Waals surface area contributed by atoms with E-state index in [2.05, 4.69) is 28.6 Å². The maximum atomic E-state index is 12.9. The average Bonchev–Trinajstić information content (AvgIpc) is 2.84. The number of carbonyl (C=O) groups excluding carboxylic acids is 2. The van der Waals surface area contributed by atoms with E-state index >= 15 is 0 Å². The first-order valence-corrected chi connectivity index (χ1v) is 12.9. The molecule has 0 bridgehead atoms. The van der Waals surface area contributed by atoms with Crippen molar-refractivity contribution in [3.8, 4) is 5.75 Å². The van der Waals surface area contributed by atoms with Crippen LogP contribution in [0.2, 0.25) is 0 Å². The second-order valence-electron chi connectivity index (χ2n) is 10.2. The first kappa shape index (κ1) is 27.6. The molecule has 0 spiro atoms. The van der Waals surface area contributed by atoms with Crippen molar-refractivity contribution in [1.82, 2.24) is 15.1 Å². The molecule has 2 aromatic rings. The number of anilines is 1. The van der Waals surface area contributed by atoms with Gasteiger partial charge in [0.05, 0.1) is 6.61 Å². The smallest absolute Gasteiger partial charge is 0.254 e. The van der Waals surface area contributed by atoms with Crippen molar-refractivity contribution >= 4 is 34.8 Å². The van der Waals surface area contributed by atoms with E-state index in [-0.39, 0.29) is 16.9 Å². The Balaban J connectivity index is 1.47. The molecule has 194 valence electrons. The number of hydrogen-bond acceptors (Lipinski definition) is 5. The van der Waals surface area contributed by atoms with Gasteiger partial charge in [-0.1, -0.05) is 32.0 Å². The Morgan fingerprint density at radius 1 is 1.06 bits per heavy atom. The highest BCUT2D eigenvalue weighted by molar-refractivity contribution is 7.80. The van der Waals surface area contributed by atoms with Crippen LogP contribution < -0.4 is 15.4 Å². The first-order chi connectivity index (χ1) is 17.0. The number of aryl methyl sites for hydroxylation is 2. The van der Waals surface area contributed by atoms with E-state index in [9.17, 15) is 9.59 Å². The number of piperazine rings is 1. The molecule has 0 atom stereocenters. The van der Waals surface area contributed by atoms with Crippen LogP contribution in [0.4, 0.5) is 5.69 Å². The quantitative estimate of drug-likeness (QED) is 0.405. The van der Waals surface area contributed by atoms with E-state index in [4.69, 9.17) is 17.0 Å². The molecule has 0 aliphatic carbocycles. The Labute approximate surface area is 220 Å². The molecule has 0 aromatic heterocycles. The number of likely N-dealkylation sites (N-methyl/N-ethyl adjacent to an activating group) is 1. The lowest BCUT2D eigenvalue weighted by molar-refractivity contribution is -0.128. The van der Waals surface area contributed by atoms with E-state index in [1.807, 2.05) is 56.9 Å². The minimum absolute atomic E-state index is 0.00548. The topological polar surface area (TPSA) is 73.9 Å². The fourth-order valence-electron chi connectivity index (χ4n) is 4.03. The molecule has 2 aromatic carbocycles. The van der Waals surface area contributed by atoms with Gasteiger partial charge in [-0.05, 0) is 81.3 Å². The van der Waals surface area contributed by atoms with Crippen LogP contribution in [0.15, 0.2) is 42.5 Å². The number of nitrogens with zero attached hydrogens (tertiary/aromatic N) is 2. The average molecular weight is 511 g/mol. The normalized spacial score (nSPS) is 14.3. The second kappa shape index (κ2) is 12.3. The predicted molar refractivity (Wildman–Crippen MR) is 149 cm³/mol. The summed E-state index contributed by atoms with van der Waals surface area (Å²) in [5.74, 6) is 0.735. The molecule has 3 rings (SSSR count). The third-order valence-electron chi connectivity index (χ3n) is 6.55. The first-order valence-electron chi connectivity index (χ1n) is 12.5. The highest BCUT2D eigenvalue weighted by atomic mass is 32.1. The van der Waals surface area contributed by atoms with Crippen molar-refractivity contribution in [3.05, 3.63) is 59.2 Å². The molecule has 1 aliphatic rings. The summed E-state index contributed by atoms with van der Waals surface area (Å²) in [6, 6.07) is 13.4. The number of benzene rings is 2. The molecule has 1 heterocycles. The standard InChI is InChI=1S/C28H38N4O3S/c1-20-10-11-21(2)24(18-20)35-17-7-12-28(3,4)26(34)30-27(36)29-23-9-6-8-22(19-23)25(33)32-15-13-31(5)14-16-32/h6,8-11,18-19H,7,12-17H2,1-5H3,(H2,29,30,34,36). The summed E-state index contributed by atoms with van der Waals surface area (Å²) >= 11 is 5.39. The van der Waals surface area contributed by atoms with Gasteiger partial charge in [0, 0.05) is 42.8 Å². The monoisotopic (exact) mass is 510 g/mol. The number of hydrogen-bond donors (Lipinski definition) is 2. The van der Waals surface area contributed by atoms with Crippen molar-refractivity contribution in [2.75, 3.05) is 45.2 Å². The fraction of sp³-hybridized carbons (Fsp3) is 0.464. The molecule has 1 fully saturated rings. The molecule has 0 saturated carbocycles. The molecule has 0 unspecified atom stereocenters. The summed E-state index contributed by atoms with van der Waals surface area (Å²) in [5.41, 5.74) is 2.91. The number of ether oxygens (including phenoxy) is 1. The highest BCUT2D eigenvalue weighted by Gasteiger charge is 2.28. The van der Waals surface area contributed by atoms with Gasteiger partial charge in [-0.3, -0.25) is 9.59 Å². The largest absolute Gasteiger partial charge is 0.493 e. The van der Waals surface area contributed by atoms with Gasteiger partial charge in [0.2, 0.25) is 5.91 Å². The lowest BCUT2D eigenvalue weighted by Crippen LogP contribution is -2.47. The van der Waals surface area contributed by atoms with Gasteiger partial charge in [-0.25, -0.2) is 0 Å². The lowest BCUT2D eigenvalue weighted by Gasteiger charge is -2.32. The van der Waals surface area contributed by atoms with E-state index in [1.165, 1.54) is 0 Å². The van der Waals surface area contributed by atoms with Gasteiger partial charge in [-0.15, -0.1) is 0 Å². The fourth-order valence-corrected chi connectivity index (χ4v) is 4.24. The SMILES string of the molecule is Cc1ccc(C)c(OCCCC(C)(C)C(=O)NC(=S)Nc2cccc(C(=O)N3CCN(C)CC3)c2)c1. The van der Waals surface area contributed by atoms with Crippen molar-refractivity contribution < 1.29 is 14.3 Å². The third kappa shape index (κ3) is 7.77. The Morgan fingerprint density at radius 2 is 1.78 bits per heavy atom. The molecular formula is C28H38N4O3S. The highest BCUT2D eigenvalue weighted by Crippen LogP contribution is 2.24. The van der Waals surface area contributed by atoms with Gasteiger partial charge >= 0.3 is 0 Å². The zero-order valence-corrected chi connectivity index (χ0v) is 22.8. The van der Waals surface area contributed by atoms with Gasteiger partial charge in [0.1, 0.15) is 5.75 Å². The van der Waals surface area contributed by atoms with Crippen LogP contribution in [0.3, 0.4) is 0 Å². The molecular weight excluding hydrogens is 472 g/mol. The number of thiocarbonyl (C=S) groups is 1. The number of amides is 2. The number of carbonyl (C=O) groups is 2. The molecule has 2 N–H and O–H groups in total. The van der Waals surface area contributed by atoms with Gasteiger partial charge < -0.3 is 25.2 Å². The van der Waals surface area contributed by atoms with Crippen LogP contribution in [0, 0.1) is 19.3 Å². The molecule has 1 saturated heterocycles.